The van der Waals surface area contributed by atoms with Crippen molar-refractivity contribution in [3.05, 3.63) is 0 Å². The van der Waals surface area contributed by atoms with Gasteiger partial charge in [0.25, 0.3) is 0 Å². The highest BCUT2D eigenvalue weighted by Crippen LogP contribution is 2.00. The van der Waals surface area contributed by atoms with Crippen molar-refractivity contribution >= 4 is 5.91 Å². The molecule has 0 aromatic rings. The second kappa shape index (κ2) is 5.97. The molecule has 0 radical (unpaired) electrons. The minimum atomic E-state index is -0.106. The number of amides is 1. The maximum absolute atomic E-state index is 10.9. The largest absolute Gasteiger partial charge is 0.303 e. The Morgan fingerprint density at radius 2 is 2.25 bits per heavy atom. The van der Waals surface area contributed by atoms with Crippen LogP contribution >= 0.6 is 0 Å². The quantitative estimate of drug-likeness (QED) is 0.352. The summed E-state index contributed by atoms with van der Waals surface area (Å²) in [5.74, 6) is 4.87. The van der Waals surface area contributed by atoms with Gasteiger partial charge in [0.15, 0.2) is 0 Å². The molecule has 0 aliphatic rings. The summed E-state index contributed by atoms with van der Waals surface area (Å²) in [6, 6.07) is 0.258. The zero-order chi connectivity index (χ0) is 9.56. The third-order valence-corrected chi connectivity index (χ3v) is 1.97. The molecule has 0 rings (SSSR count). The maximum atomic E-state index is 10.9. The average Bonchev–Trinajstić information content (AvgIpc) is 2.04. The molecule has 0 bridgehead atoms. The zero-order valence-electron chi connectivity index (χ0n) is 8.13. The lowest BCUT2D eigenvalue weighted by molar-refractivity contribution is -0.122. The van der Waals surface area contributed by atoms with Crippen molar-refractivity contribution in [3.63, 3.8) is 0 Å². The van der Waals surface area contributed by atoms with Gasteiger partial charge in [0.1, 0.15) is 0 Å². The number of carbonyl (C=O) groups is 1. The molecule has 4 heteroatoms. The molecule has 0 saturated heterocycles. The third-order valence-electron chi connectivity index (χ3n) is 1.97. The number of nitrogens with zero attached hydrogens (tertiary/aromatic N) is 1. The third kappa shape index (κ3) is 4.31. The molecule has 0 aliphatic heterocycles. The highest BCUT2D eigenvalue weighted by molar-refractivity contribution is 5.75. The topological polar surface area (TPSA) is 58.4 Å². The maximum Gasteiger partial charge on any atom is 0.235 e. The predicted molar refractivity (Wildman–Crippen MR) is 49.3 cm³/mol. The van der Waals surface area contributed by atoms with E-state index >= 15 is 0 Å². The van der Waals surface area contributed by atoms with E-state index in [2.05, 4.69) is 17.2 Å². The van der Waals surface area contributed by atoms with Crippen molar-refractivity contribution in [2.24, 2.45) is 5.84 Å². The van der Waals surface area contributed by atoms with Gasteiger partial charge in [-0.1, -0.05) is 6.92 Å². The summed E-state index contributed by atoms with van der Waals surface area (Å²) in [6.07, 6.45) is 1.57. The minimum absolute atomic E-state index is 0.106. The molecule has 0 fully saturated rings. The normalized spacial score (nSPS) is 13.1. The van der Waals surface area contributed by atoms with Gasteiger partial charge in [-0.15, -0.1) is 0 Å². The predicted octanol–water partition coefficient (Wildman–Crippen LogP) is 0.0967. The van der Waals surface area contributed by atoms with E-state index in [1.807, 2.05) is 14.0 Å². The molecule has 0 saturated carbocycles. The molecule has 1 unspecified atom stereocenters. The van der Waals surface area contributed by atoms with Crippen molar-refractivity contribution in [2.75, 3.05) is 13.6 Å². The van der Waals surface area contributed by atoms with Crippen molar-refractivity contribution in [1.82, 2.24) is 10.3 Å². The lowest BCUT2D eigenvalue weighted by Gasteiger charge is -2.23. The van der Waals surface area contributed by atoms with Crippen LogP contribution in [0.2, 0.25) is 0 Å². The van der Waals surface area contributed by atoms with Gasteiger partial charge in [-0.2, -0.15) is 0 Å². The van der Waals surface area contributed by atoms with Gasteiger partial charge in [-0.05, 0) is 26.9 Å². The van der Waals surface area contributed by atoms with E-state index in [9.17, 15) is 4.79 Å². The Morgan fingerprint density at radius 3 is 2.67 bits per heavy atom. The van der Waals surface area contributed by atoms with Crippen LogP contribution in [-0.2, 0) is 4.79 Å². The highest BCUT2D eigenvalue weighted by Gasteiger charge is 2.11. The van der Waals surface area contributed by atoms with Gasteiger partial charge >= 0.3 is 0 Å². The van der Waals surface area contributed by atoms with Gasteiger partial charge < -0.3 is 4.90 Å². The minimum Gasteiger partial charge on any atom is -0.303 e. The molecular formula is C8H19N3O. The highest BCUT2D eigenvalue weighted by atomic mass is 16.2. The summed E-state index contributed by atoms with van der Waals surface area (Å²) in [7, 11) is 2.01. The Labute approximate surface area is 74.1 Å². The summed E-state index contributed by atoms with van der Waals surface area (Å²) in [6.45, 7) is 5.15. The smallest absolute Gasteiger partial charge is 0.235 e. The van der Waals surface area contributed by atoms with Gasteiger partial charge in [0, 0.05) is 12.5 Å². The fraction of sp³-hybridized carbons (Fsp3) is 0.875. The molecule has 0 aliphatic carbocycles. The first-order chi connectivity index (χ1) is 5.61. The lowest BCUT2D eigenvalue weighted by atomic mass is 10.2. The lowest BCUT2D eigenvalue weighted by Crippen LogP contribution is -2.38. The SMILES string of the molecule is CCCN(C)C(C)CC(=O)NN. The number of hydrogen-bond acceptors (Lipinski definition) is 3. The Kier molecular flexibility index (Phi) is 5.66. The van der Waals surface area contributed by atoms with E-state index < -0.39 is 0 Å². The standard InChI is InChI=1S/C8H19N3O/c1-4-5-11(3)7(2)6-8(12)10-9/h7H,4-6,9H2,1-3H3,(H,10,12). The summed E-state index contributed by atoms with van der Waals surface area (Å²) in [5, 5.41) is 0. The molecule has 72 valence electrons. The van der Waals surface area contributed by atoms with Crippen molar-refractivity contribution in [2.45, 2.75) is 32.7 Å². The fourth-order valence-electron chi connectivity index (χ4n) is 1.06. The molecule has 4 nitrogen and oxygen atoms in total. The first kappa shape index (κ1) is 11.4. The zero-order valence-corrected chi connectivity index (χ0v) is 8.13. The fourth-order valence-corrected chi connectivity index (χ4v) is 1.06. The van der Waals surface area contributed by atoms with Crippen LogP contribution in [0.25, 0.3) is 0 Å². The van der Waals surface area contributed by atoms with Crippen LogP contribution in [0.1, 0.15) is 26.7 Å². The van der Waals surface area contributed by atoms with Crippen molar-refractivity contribution in [1.29, 1.82) is 0 Å². The van der Waals surface area contributed by atoms with Gasteiger partial charge in [-0.25, -0.2) is 5.84 Å². The van der Waals surface area contributed by atoms with E-state index in [0.29, 0.717) is 6.42 Å². The first-order valence-corrected chi connectivity index (χ1v) is 4.31. The molecule has 0 spiro atoms. The number of hydrogen-bond donors (Lipinski definition) is 2. The summed E-state index contributed by atoms with van der Waals surface area (Å²) >= 11 is 0. The van der Waals surface area contributed by atoms with Gasteiger partial charge in [0.05, 0.1) is 0 Å². The Balaban J connectivity index is 3.69. The number of rotatable bonds is 5. The van der Waals surface area contributed by atoms with E-state index in [1.54, 1.807) is 0 Å². The van der Waals surface area contributed by atoms with Crippen molar-refractivity contribution in [3.8, 4) is 0 Å². The van der Waals surface area contributed by atoms with Crippen LogP contribution in [0.5, 0.6) is 0 Å². The van der Waals surface area contributed by atoms with E-state index in [1.165, 1.54) is 0 Å². The Hall–Kier alpha value is -0.610. The summed E-state index contributed by atoms with van der Waals surface area (Å²) in [5.41, 5.74) is 2.13. The number of nitrogens with two attached hydrogens (primary N) is 1. The molecule has 0 aromatic heterocycles. The van der Waals surface area contributed by atoms with E-state index in [4.69, 9.17) is 5.84 Å². The van der Waals surface area contributed by atoms with Crippen LogP contribution < -0.4 is 11.3 Å². The van der Waals surface area contributed by atoms with Crippen LogP contribution in [0, 0.1) is 0 Å². The van der Waals surface area contributed by atoms with Crippen LogP contribution in [0.15, 0.2) is 0 Å². The molecule has 3 N–H and O–H groups in total. The molecule has 1 atom stereocenters. The Morgan fingerprint density at radius 1 is 1.67 bits per heavy atom. The van der Waals surface area contributed by atoms with Crippen molar-refractivity contribution < 1.29 is 4.79 Å². The molecule has 0 aromatic carbocycles. The Bertz CT molecular complexity index is 138. The molecular weight excluding hydrogens is 154 g/mol. The second-order valence-electron chi connectivity index (χ2n) is 3.10. The molecule has 12 heavy (non-hydrogen) atoms. The molecule has 0 heterocycles. The van der Waals surface area contributed by atoms with Crippen LogP contribution in [0.3, 0.4) is 0 Å². The van der Waals surface area contributed by atoms with Gasteiger partial charge in [-0.3, -0.25) is 10.2 Å². The number of hydrazine groups is 1. The monoisotopic (exact) mass is 173 g/mol. The second-order valence-corrected chi connectivity index (χ2v) is 3.10. The van der Waals surface area contributed by atoms with E-state index in [-0.39, 0.29) is 11.9 Å². The number of nitrogens with one attached hydrogen (secondary N) is 1. The summed E-state index contributed by atoms with van der Waals surface area (Å²) < 4.78 is 0. The van der Waals surface area contributed by atoms with Gasteiger partial charge in [0.2, 0.25) is 5.91 Å². The van der Waals surface area contributed by atoms with E-state index in [0.717, 1.165) is 13.0 Å². The summed E-state index contributed by atoms with van der Waals surface area (Å²) in [4.78, 5) is 13.0. The molecule has 1 amide bonds. The average molecular weight is 173 g/mol. The first-order valence-electron chi connectivity index (χ1n) is 4.31. The number of carbonyl (C=O) groups excluding carboxylic acids is 1. The van der Waals surface area contributed by atoms with Crippen LogP contribution in [-0.4, -0.2) is 30.4 Å². The van der Waals surface area contributed by atoms with Crippen LogP contribution in [0.4, 0.5) is 0 Å².